The summed E-state index contributed by atoms with van der Waals surface area (Å²) in [6.45, 7) is 0.0944. The lowest BCUT2D eigenvalue weighted by molar-refractivity contribution is -0.144. The van der Waals surface area contributed by atoms with E-state index < -0.39 is 12.1 Å². The molecule has 0 aliphatic carbocycles. The lowest BCUT2D eigenvalue weighted by Crippen LogP contribution is -2.39. The van der Waals surface area contributed by atoms with Crippen LogP contribution < -0.4 is 14.2 Å². The maximum Gasteiger partial charge on any atom is 0.356 e. The Morgan fingerprint density at radius 1 is 1.10 bits per heavy atom. The Morgan fingerprint density at radius 3 is 2.62 bits per heavy atom. The summed E-state index contributed by atoms with van der Waals surface area (Å²) in [5.41, 5.74) is 0. The summed E-state index contributed by atoms with van der Waals surface area (Å²) >= 11 is 11.7. The van der Waals surface area contributed by atoms with Crippen LogP contribution in [0.4, 0.5) is 0 Å². The van der Waals surface area contributed by atoms with Crippen molar-refractivity contribution in [1.29, 1.82) is 0 Å². The van der Waals surface area contributed by atoms with Gasteiger partial charge in [0.2, 0.25) is 6.10 Å². The molecule has 1 aliphatic heterocycles. The van der Waals surface area contributed by atoms with Crippen LogP contribution in [-0.4, -0.2) is 18.7 Å². The van der Waals surface area contributed by atoms with Crippen molar-refractivity contribution in [2.45, 2.75) is 6.10 Å². The van der Waals surface area contributed by atoms with Gasteiger partial charge in [-0.1, -0.05) is 35.3 Å². The van der Waals surface area contributed by atoms with Crippen molar-refractivity contribution in [2.75, 3.05) is 6.61 Å². The van der Waals surface area contributed by atoms with E-state index in [-0.39, 0.29) is 6.61 Å². The number of halogens is 2. The molecule has 3 rings (SSSR count). The van der Waals surface area contributed by atoms with E-state index >= 15 is 0 Å². The summed E-state index contributed by atoms with van der Waals surface area (Å²) in [4.78, 5) is 12.1. The number of rotatable bonds is 2. The maximum absolute atomic E-state index is 12.1. The molecule has 6 heteroatoms. The first-order valence-electron chi connectivity index (χ1n) is 6.19. The van der Waals surface area contributed by atoms with Crippen LogP contribution in [0.15, 0.2) is 42.5 Å². The average molecular weight is 325 g/mol. The van der Waals surface area contributed by atoms with Gasteiger partial charge in [-0.3, -0.25) is 0 Å². The van der Waals surface area contributed by atoms with Crippen molar-refractivity contribution in [3.8, 4) is 17.2 Å². The first-order valence-corrected chi connectivity index (χ1v) is 6.94. The van der Waals surface area contributed by atoms with Crippen LogP contribution in [0.25, 0.3) is 0 Å². The van der Waals surface area contributed by atoms with Crippen molar-refractivity contribution in [2.24, 2.45) is 0 Å². The molecule has 0 saturated heterocycles. The minimum absolute atomic E-state index is 0.0944. The van der Waals surface area contributed by atoms with E-state index in [2.05, 4.69) is 0 Å². The fourth-order valence-corrected chi connectivity index (χ4v) is 2.15. The number of carbonyl (C=O) groups is 1. The highest BCUT2D eigenvalue weighted by Gasteiger charge is 2.29. The molecule has 0 fully saturated rings. The van der Waals surface area contributed by atoms with Gasteiger partial charge in [0.25, 0.3) is 0 Å². The molecule has 1 heterocycles. The summed E-state index contributed by atoms with van der Waals surface area (Å²) in [6, 6.07) is 11.7. The number of esters is 1. The molecule has 0 amide bonds. The smallest absolute Gasteiger partial charge is 0.356 e. The highest BCUT2D eigenvalue weighted by molar-refractivity contribution is 6.42. The van der Waals surface area contributed by atoms with Crippen molar-refractivity contribution in [3.63, 3.8) is 0 Å². The van der Waals surface area contributed by atoms with Gasteiger partial charge in [0.05, 0.1) is 10.0 Å². The molecule has 1 atom stereocenters. The number of ether oxygens (including phenoxy) is 3. The third-order valence-corrected chi connectivity index (χ3v) is 3.62. The van der Waals surface area contributed by atoms with Crippen LogP contribution >= 0.6 is 23.2 Å². The second-order valence-electron chi connectivity index (χ2n) is 4.36. The Morgan fingerprint density at radius 2 is 1.86 bits per heavy atom. The highest BCUT2D eigenvalue weighted by Crippen LogP contribution is 2.31. The number of hydrogen-bond acceptors (Lipinski definition) is 4. The van der Waals surface area contributed by atoms with Crippen LogP contribution in [0.3, 0.4) is 0 Å². The lowest BCUT2D eigenvalue weighted by Gasteiger charge is -2.24. The van der Waals surface area contributed by atoms with E-state index in [1.54, 1.807) is 30.3 Å². The van der Waals surface area contributed by atoms with Gasteiger partial charge >= 0.3 is 5.97 Å². The number of para-hydroxylation sites is 2. The fourth-order valence-electron chi connectivity index (χ4n) is 1.86. The minimum Gasteiger partial charge on any atom is -0.485 e. The van der Waals surface area contributed by atoms with Gasteiger partial charge in [-0.2, -0.15) is 0 Å². The molecule has 4 nitrogen and oxygen atoms in total. The molecule has 21 heavy (non-hydrogen) atoms. The zero-order valence-corrected chi connectivity index (χ0v) is 12.2. The van der Waals surface area contributed by atoms with Crippen LogP contribution in [0, 0.1) is 0 Å². The lowest BCUT2D eigenvalue weighted by atomic mass is 10.2. The SMILES string of the molecule is O=C(Oc1ccc(Cl)c(Cl)c1)[C@H]1COc2ccccc2O1. The van der Waals surface area contributed by atoms with E-state index in [4.69, 9.17) is 37.4 Å². The molecule has 1 aliphatic rings. The number of fused-ring (bicyclic) bond motifs is 1. The summed E-state index contributed by atoms with van der Waals surface area (Å²) in [6.07, 6.45) is -0.825. The van der Waals surface area contributed by atoms with Crippen LogP contribution in [0.2, 0.25) is 10.0 Å². The molecular formula is C15H10Cl2O4. The summed E-state index contributed by atoms with van der Waals surface area (Å²) in [5, 5.41) is 0.704. The first-order chi connectivity index (χ1) is 10.1. The van der Waals surface area contributed by atoms with Crippen LogP contribution in [0.1, 0.15) is 0 Å². The molecule has 0 bridgehead atoms. The van der Waals surface area contributed by atoms with E-state index in [1.807, 2.05) is 6.07 Å². The number of benzene rings is 2. The third-order valence-electron chi connectivity index (χ3n) is 2.88. The van der Waals surface area contributed by atoms with E-state index in [1.165, 1.54) is 6.07 Å². The molecule has 0 unspecified atom stereocenters. The summed E-state index contributed by atoms with van der Waals surface area (Å²) < 4.78 is 16.2. The predicted octanol–water partition coefficient (Wildman–Crippen LogP) is 3.74. The zero-order valence-electron chi connectivity index (χ0n) is 10.7. The second kappa shape index (κ2) is 5.84. The van der Waals surface area contributed by atoms with Crippen molar-refractivity contribution >= 4 is 29.2 Å². The fraction of sp³-hybridized carbons (Fsp3) is 0.133. The molecule has 0 N–H and O–H groups in total. The standard InChI is InChI=1S/C15H10Cl2O4/c16-10-6-5-9(7-11(10)17)20-15(18)14-8-19-12-3-1-2-4-13(12)21-14/h1-7,14H,8H2/t14-/m1/s1. The van der Waals surface area contributed by atoms with Gasteiger partial charge in [-0.25, -0.2) is 4.79 Å². The molecule has 0 spiro atoms. The van der Waals surface area contributed by atoms with E-state index in [0.717, 1.165) is 0 Å². The summed E-state index contributed by atoms with van der Waals surface area (Å²) in [5.74, 6) is 0.871. The quantitative estimate of drug-likeness (QED) is 0.623. The monoisotopic (exact) mass is 324 g/mol. The average Bonchev–Trinajstić information content (AvgIpc) is 2.50. The molecule has 108 valence electrons. The molecule has 0 aromatic heterocycles. The largest absolute Gasteiger partial charge is 0.485 e. The molecule has 2 aromatic rings. The minimum atomic E-state index is -0.825. The number of hydrogen-bond donors (Lipinski definition) is 0. The highest BCUT2D eigenvalue weighted by atomic mass is 35.5. The Balaban J connectivity index is 1.70. The van der Waals surface area contributed by atoms with Crippen LogP contribution in [0.5, 0.6) is 17.2 Å². The topological polar surface area (TPSA) is 44.8 Å². The van der Waals surface area contributed by atoms with E-state index in [0.29, 0.717) is 27.3 Å². The molecular weight excluding hydrogens is 315 g/mol. The normalized spacial score (nSPS) is 16.4. The predicted molar refractivity (Wildman–Crippen MR) is 78.5 cm³/mol. The second-order valence-corrected chi connectivity index (χ2v) is 5.18. The van der Waals surface area contributed by atoms with Gasteiger partial charge < -0.3 is 14.2 Å². The summed E-state index contributed by atoms with van der Waals surface area (Å²) in [7, 11) is 0. The Bertz CT molecular complexity index is 687. The van der Waals surface area contributed by atoms with Crippen molar-refractivity contribution < 1.29 is 19.0 Å². The van der Waals surface area contributed by atoms with Gasteiger partial charge in [-0.05, 0) is 24.3 Å². The third kappa shape index (κ3) is 3.06. The van der Waals surface area contributed by atoms with Gasteiger partial charge in [0.1, 0.15) is 12.4 Å². The molecule has 0 saturated carbocycles. The maximum atomic E-state index is 12.1. The Kier molecular flexibility index (Phi) is 3.90. The van der Waals surface area contributed by atoms with Crippen LogP contribution in [-0.2, 0) is 4.79 Å². The van der Waals surface area contributed by atoms with Gasteiger partial charge in [-0.15, -0.1) is 0 Å². The Hall–Kier alpha value is -1.91. The van der Waals surface area contributed by atoms with Crippen molar-refractivity contribution in [1.82, 2.24) is 0 Å². The van der Waals surface area contributed by atoms with Crippen molar-refractivity contribution in [3.05, 3.63) is 52.5 Å². The zero-order chi connectivity index (χ0) is 14.8. The van der Waals surface area contributed by atoms with Gasteiger partial charge in [0, 0.05) is 6.07 Å². The van der Waals surface area contributed by atoms with E-state index in [9.17, 15) is 4.79 Å². The first kappa shape index (κ1) is 14.0. The molecule has 0 radical (unpaired) electrons. The Labute approximate surface area is 131 Å². The van der Waals surface area contributed by atoms with Gasteiger partial charge in [0.15, 0.2) is 11.5 Å². The molecule has 2 aromatic carbocycles. The number of carbonyl (C=O) groups excluding carboxylic acids is 1.